The van der Waals surface area contributed by atoms with Gasteiger partial charge in [0.1, 0.15) is 23.5 Å². The summed E-state index contributed by atoms with van der Waals surface area (Å²) in [5, 5.41) is 0. The number of hydrogen-bond acceptors (Lipinski definition) is 5. The minimum Gasteiger partial charge on any atom is -0.489 e. The number of rotatable bonds is 8. The highest BCUT2D eigenvalue weighted by atomic mass is 19.4. The Morgan fingerprint density at radius 3 is 2.47 bits per heavy atom. The second kappa shape index (κ2) is 11.5. The molecule has 0 unspecified atom stereocenters. The summed E-state index contributed by atoms with van der Waals surface area (Å²) in [5.41, 5.74) is 0.479. The number of esters is 1. The lowest BCUT2D eigenvalue weighted by Crippen LogP contribution is -2.47. The number of likely N-dealkylation sites (tertiary alicyclic amines) is 1. The number of alkyl halides is 4. The van der Waals surface area contributed by atoms with Crippen LogP contribution in [-0.4, -0.2) is 74.1 Å². The molecule has 4 rings (SSSR count). The molecule has 0 amide bonds. The van der Waals surface area contributed by atoms with Crippen molar-refractivity contribution in [2.45, 2.75) is 50.6 Å². The number of fused-ring (bicyclic) bond motifs is 1. The van der Waals surface area contributed by atoms with E-state index < -0.39 is 54.6 Å². The Bertz CT molecular complexity index is 1140. The van der Waals surface area contributed by atoms with E-state index in [2.05, 4.69) is 0 Å². The molecule has 3 atom stereocenters. The molecule has 0 bridgehead atoms. The average Bonchev–Trinajstić information content (AvgIpc) is 3.29. The van der Waals surface area contributed by atoms with Gasteiger partial charge in [0.05, 0.1) is 31.9 Å². The van der Waals surface area contributed by atoms with Crippen molar-refractivity contribution in [2.24, 2.45) is 0 Å². The van der Waals surface area contributed by atoms with E-state index in [4.69, 9.17) is 9.47 Å². The van der Waals surface area contributed by atoms with Gasteiger partial charge in [0.25, 0.3) is 0 Å². The first kappa shape index (κ1) is 28.2. The van der Waals surface area contributed by atoms with E-state index >= 15 is 8.78 Å². The van der Waals surface area contributed by atoms with Crippen molar-refractivity contribution in [3.05, 3.63) is 64.2 Å². The zero-order valence-corrected chi connectivity index (χ0v) is 21.2. The average molecular weight is 545 g/mol. The van der Waals surface area contributed by atoms with Crippen LogP contribution < -0.4 is 4.74 Å². The number of nitrogens with zero attached hydrogens (tertiary/aromatic N) is 2. The van der Waals surface area contributed by atoms with Crippen molar-refractivity contribution in [3.8, 4) is 5.75 Å². The molecule has 38 heavy (non-hydrogen) atoms. The van der Waals surface area contributed by atoms with Gasteiger partial charge in [-0.15, -0.1) is 0 Å². The maximum Gasteiger partial charge on any atom is 0.401 e. The fourth-order valence-electron chi connectivity index (χ4n) is 5.40. The van der Waals surface area contributed by atoms with Gasteiger partial charge in [0.15, 0.2) is 0 Å². The Kier molecular flexibility index (Phi) is 8.56. The second-order valence-corrected chi connectivity index (χ2v) is 9.82. The van der Waals surface area contributed by atoms with Crippen LogP contribution in [0.5, 0.6) is 5.75 Å². The molecule has 1 fully saturated rings. The summed E-state index contributed by atoms with van der Waals surface area (Å²) in [6.45, 7) is 1.46. The van der Waals surface area contributed by atoms with Gasteiger partial charge in [-0.2, -0.15) is 13.2 Å². The Morgan fingerprint density at radius 2 is 1.84 bits per heavy atom. The van der Waals surface area contributed by atoms with Gasteiger partial charge in [0, 0.05) is 43.4 Å². The minimum atomic E-state index is -4.61. The first-order valence-corrected chi connectivity index (χ1v) is 12.5. The molecule has 0 radical (unpaired) electrons. The van der Waals surface area contributed by atoms with Crippen molar-refractivity contribution in [1.82, 2.24) is 9.80 Å². The van der Waals surface area contributed by atoms with Crippen LogP contribution in [0.25, 0.3) is 0 Å². The fourth-order valence-corrected chi connectivity index (χ4v) is 5.40. The lowest BCUT2D eigenvalue weighted by molar-refractivity contribution is -0.155. The predicted molar refractivity (Wildman–Crippen MR) is 128 cm³/mol. The molecule has 208 valence electrons. The third-order valence-electron chi connectivity index (χ3n) is 7.10. The van der Waals surface area contributed by atoms with Crippen molar-refractivity contribution in [3.63, 3.8) is 0 Å². The van der Waals surface area contributed by atoms with Crippen molar-refractivity contribution in [1.29, 1.82) is 0 Å². The van der Waals surface area contributed by atoms with Gasteiger partial charge in [-0.1, -0.05) is 6.07 Å². The second-order valence-electron chi connectivity index (χ2n) is 9.82. The molecule has 0 spiro atoms. The first-order chi connectivity index (χ1) is 18.0. The number of halogens is 6. The summed E-state index contributed by atoms with van der Waals surface area (Å²) >= 11 is 0. The lowest BCUT2D eigenvalue weighted by Gasteiger charge is -2.42. The molecule has 0 aromatic heterocycles. The van der Waals surface area contributed by atoms with Gasteiger partial charge in [0.2, 0.25) is 0 Å². The zero-order chi connectivity index (χ0) is 27.6. The number of carbonyl (C=O) groups excluding carboxylic acids is 1. The van der Waals surface area contributed by atoms with Crippen molar-refractivity contribution >= 4 is 5.97 Å². The molecule has 5 nitrogen and oxygen atoms in total. The number of carbonyl (C=O) groups is 1. The van der Waals surface area contributed by atoms with E-state index in [0.29, 0.717) is 38.0 Å². The summed E-state index contributed by atoms with van der Waals surface area (Å²) in [6.07, 6.45) is -3.80. The molecule has 0 N–H and O–H groups in total. The number of ether oxygens (including phenoxy) is 2. The highest BCUT2D eigenvalue weighted by Crippen LogP contribution is 2.42. The van der Waals surface area contributed by atoms with Crippen LogP contribution in [0.4, 0.5) is 26.3 Å². The summed E-state index contributed by atoms with van der Waals surface area (Å²) in [5.74, 6) is -2.74. The Labute approximate surface area is 217 Å². The van der Waals surface area contributed by atoms with E-state index in [0.717, 1.165) is 17.0 Å². The van der Waals surface area contributed by atoms with E-state index in [-0.39, 0.29) is 29.4 Å². The van der Waals surface area contributed by atoms with Gasteiger partial charge in [-0.3, -0.25) is 14.2 Å². The molecule has 2 heterocycles. The Balaban J connectivity index is 1.68. The van der Waals surface area contributed by atoms with E-state index in [1.54, 1.807) is 6.92 Å². The monoisotopic (exact) mass is 544 g/mol. The molecule has 2 aromatic carbocycles. The molecule has 0 saturated carbocycles. The Morgan fingerprint density at radius 1 is 1.13 bits per heavy atom. The molecular weight excluding hydrogens is 514 g/mol. The van der Waals surface area contributed by atoms with Crippen LogP contribution in [0.15, 0.2) is 30.3 Å². The minimum absolute atomic E-state index is 0.0615. The van der Waals surface area contributed by atoms with E-state index in [9.17, 15) is 22.4 Å². The zero-order valence-electron chi connectivity index (χ0n) is 21.2. The molecule has 11 heteroatoms. The van der Waals surface area contributed by atoms with Gasteiger partial charge < -0.3 is 9.47 Å². The van der Waals surface area contributed by atoms with Crippen molar-refractivity contribution < 1.29 is 40.6 Å². The highest BCUT2D eigenvalue weighted by molar-refractivity contribution is 5.89. The highest BCUT2D eigenvalue weighted by Gasteiger charge is 2.42. The Hall–Kier alpha value is -2.79. The SMILES string of the molecule is COC(=O)c1ccc2c(c1)C[C@@H](C)N(CC(F)(F)F)[C@@H]2c1c(F)cc(O[C@H]2CCN(CCCF)C2)cc1F. The standard InChI is InChI=1S/C27H30F6N2O3/c1-16-10-18-11-17(26(36)37-2)4-5-21(18)25(35(16)15-27(31,32)33)24-22(29)12-20(13-23(24)30)38-19-6-9-34(14-19)8-3-7-28/h4-5,11-13,16,19,25H,3,6-10,14-15H2,1-2H3/t16-,19+,25+/m1/s1. The quantitative estimate of drug-likeness (QED) is 0.326. The van der Waals surface area contributed by atoms with Crippen LogP contribution in [0.2, 0.25) is 0 Å². The molecular formula is C27H30F6N2O3. The van der Waals surface area contributed by atoms with Crippen LogP contribution >= 0.6 is 0 Å². The topological polar surface area (TPSA) is 42.0 Å². The predicted octanol–water partition coefficient (Wildman–Crippen LogP) is 5.46. The van der Waals surface area contributed by atoms with Crippen molar-refractivity contribution in [2.75, 3.05) is 40.0 Å². The molecule has 1 saturated heterocycles. The van der Waals surface area contributed by atoms with E-state index in [1.165, 1.54) is 25.3 Å². The van der Waals surface area contributed by atoms with Crippen LogP contribution in [0, 0.1) is 11.6 Å². The van der Waals surface area contributed by atoms with Gasteiger partial charge in [-0.25, -0.2) is 13.6 Å². The lowest BCUT2D eigenvalue weighted by atomic mass is 9.83. The maximum absolute atomic E-state index is 15.5. The van der Waals surface area contributed by atoms with Crippen LogP contribution in [0.1, 0.15) is 52.9 Å². The summed E-state index contributed by atoms with van der Waals surface area (Å²) in [7, 11) is 1.21. The molecule has 0 aliphatic carbocycles. The number of hydrogen-bond donors (Lipinski definition) is 0. The van der Waals surface area contributed by atoms with Crippen LogP contribution in [0.3, 0.4) is 0 Å². The molecule has 2 aliphatic rings. The molecule has 2 aliphatic heterocycles. The maximum atomic E-state index is 15.5. The first-order valence-electron chi connectivity index (χ1n) is 12.5. The smallest absolute Gasteiger partial charge is 0.401 e. The van der Waals surface area contributed by atoms with Gasteiger partial charge in [-0.05, 0) is 49.4 Å². The molecule has 2 aromatic rings. The summed E-state index contributed by atoms with van der Waals surface area (Å²) in [6, 6.07) is 4.19. The largest absolute Gasteiger partial charge is 0.489 e. The normalized spacial score (nSPS) is 22.4. The third kappa shape index (κ3) is 6.26. The van der Waals surface area contributed by atoms with Gasteiger partial charge >= 0.3 is 12.1 Å². The van der Waals surface area contributed by atoms with Crippen LogP contribution in [-0.2, 0) is 11.2 Å². The number of methoxy groups -OCH3 is 1. The summed E-state index contributed by atoms with van der Waals surface area (Å²) < 4.78 is 94.7. The third-order valence-corrected chi connectivity index (χ3v) is 7.10. The fraction of sp³-hybridized carbons (Fsp3) is 0.519. The number of benzene rings is 2. The summed E-state index contributed by atoms with van der Waals surface area (Å²) in [4.78, 5) is 15.0. The van der Waals surface area contributed by atoms with E-state index in [1.807, 2.05) is 4.90 Å².